The molecule has 6 heteroatoms. The van der Waals surface area contributed by atoms with Crippen molar-refractivity contribution < 1.29 is 18.3 Å². The highest BCUT2D eigenvalue weighted by molar-refractivity contribution is 7.92. The Morgan fingerprint density at radius 1 is 1.58 bits per heavy atom. The van der Waals surface area contributed by atoms with E-state index in [4.69, 9.17) is 5.11 Å². The van der Waals surface area contributed by atoms with Crippen LogP contribution < -0.4 is 5.32 Å². The van der Waals surface area contributed by atoms with Gasteiger partial charge in [0.15, 0.2) is 9.84 Å². The Labute approximate surface area is 71.7 Å². The van der Waals surface area contributed by atoms with Gasteiger partial charge in [0.1, 0.15) is 0 Å². The maximum absolute atomic E-state index is 11.2. The van der Waals surface area contributed by atoms with Gasteiger partial charge in [0.2, 0.25) is 5.37 Å². The second kappa shape index (κ2) is 4.42. The molecule has 5 nitrogen and oxygen atoms in total. The Balaban J connectivity index is 4.61. The Hall–Kier alpha value is -0.620. The van der Waals surface area contributed by atoms with Crippen LogP contribution in [0.1, 0.15) is 13.3 Å². The summed E-state index contributed by atoms with van der Waals surface area (Å²) in [5.41, 5.74) is 0. The summed E-state index contributed by atoms with van der Waals surface area (Å²) in [5, 5.41) is 9.26. The number of nitrogens with one attached hydrogen (secondary N) is 1. The van der Waals surface area contributed by atoms with Crippen LogP contribution in [0.4, 0.5) is 0 Å². The molecule has 12 heavy (non-hydrogen) atoms. The Bertz CT molecular complexity index is 246. The Kier molecular flexibility index (Phi) is 4.19. The van der Waals surface area contributed by atoms with Gasteiger partial charge in [-0.2, -0.15) is 0 Å². The van der Waals surface area contributed by atoms with Gasteiger partial charge < -0.3 is 5.11 Å². The predicted octanol–water partition coefficient (Wildman–Crippen LogP) is -0.559. The number of rotatable bonds is 5. The summed E-state index contributed by atoms with van der Waals surface area (Å²) in [4.78, 5) is 10.4. The molecule has 0 aromatic rings. The minimum Gasteiger partial charge on any atom is -0.479 e. The second-order valence-corrected chi connectivity index (χ2v) is 4.58. The van der Waals surface area contributed by atoms with Crippen molar-refractivity contribution in [1.82, 2.24) is 5.32 Å². The minimum atomic E-state index is -3.53. The molecule has 0 rings (SSSR count). The monoisotopic (exact) mass is 195 g/mol. The number of carbonyl (C=O) groups is 1. The summed E-state index contributed by atoms with van der Waals surface area (Å²) < 4.78 is 22.3. The van der Waals surface area contributed by atoms with Crippen molar-refractivity contribution in [2.75, 3.05) is 12.8 Å². The number of likely N-dealkylation sites (N-methyl/N-ethyl adjacent to an activating group) is 1. The van der Waals surface area contributed by atoms with Gasteiger partial charge >= 0.3 is 5.97 Å². The topological polar surface area (TPSA) is 83.5 Å². The fourth-order valence-electron chi connectivity index (χ4n) is 0.859. The summed E-state index contributed by atoms with van der Waals surface area (Å²) in [6.45, 7) is 1.69. The third-order valence-corrected chi connectivity index (χ3v) is 3.47. The molecular formula is C6H13NO4S. The molecule has 72 valence electrons. The van der Waals surface area contributed by atoms with Crippen LogP contribution in [0, 0.1) is 0 Å². The molecule has 0 aliphatic carbocycles. The smallest absolute Gasteiger partial charge is 0.336 e. The lowest BCUT2D eigenvalue weighted by Gasteiger charge is -2.10. The lowest BCUT2D eigenvalue weighted by Crippen LogP contribution is -2.42. The van der Waals surface area contributed by atoms with Crippen molar-refractivity contribution in [2.45, 2.75) is 18.7 Å². The first-order chi connectivity index (χ1) is 5.45. The van der Waals surface area contributed by atoms with Gasteiger partial charge in [0.05, 0.1) is 5.75 Å². The molecule has 0 aromatic carbocycles. The number of carboxylic acids is 1. The van der Waals surface area contributed by atoms with Gasteiger partial charge in [0.25, 0.3) is 0 Å². The molecule has 1 atom stereocenters. The molecule has 0 aliphatic heterocycles. The van der Waals surface area contributed by atoms with Crippen LogP contribution >= 0.6 is 0 Å². The summed E-state index contributed by atoms with van der Waals surface area (Å²) in [6.07, 6.45) is 0.424. The third kappa shape index (κ3) is 2.78. The largest absolute Gasteiger partial charge is 0.479 e. The molecule has 1 unspecified atom stereocenters. The lowest BCUT2D eigenvalue weighted by atomic mass is 10.6. The summed E-state index contributed by atoms with van der Waals surface area (Å²) >= 11 is 0. The average molecular weight is 195 g/mol. The molecule has 0 amide bonds. The van der Waals surface area contributed by atoms with Crippen molar-refractivity contribution in [3.8, 4) is 0 Å². The average Bonchev–Trinajstić information content (AvgIpc) is 1.86. The van der Waals surface area contributed by atoms with E-state index in [1.165, 1.54) is 7.05 Å². The molecule has 0 aromatic heterocycles. The van der Waals surface area contributed by atoms with E-state index in [1.807, 2.05) is 0 Å². The van der Waals surface area contributed by atoms with E-state index in [-0.39, 0.29) is 5.75 Å². The number of hydrogen-bond acceptors (Lipinski definition) is 4. The highest BCUT2D eigenvalue weighted by Gasteiger charge is 2.29. The van der Waals surface area contributed by atoms with E-state index in [9.17, 15) is 13.2 Å². The molecule has 0 fully saturated rings. The van der Waals surface area contributed by atoms with Gasteiger partial charge in [-0.25, -0.2) is 13.2 Å². The molecule has 0 saturated heterocycles. The van der Waals surface area contributed by atoms with Crippen LogP contribution in [0.5, 0.6) is 0 Å². The van der Waals surface area contributed by atoms with Crippen molar-refractivity contribution in [3.63, 3.8) is 0 Å². The molecule has 0 saturated carbocycles. The zero-order valence-corrected chi connectivity index (χ0v) is 7.89. The van der Waals surface area contributed by atoms with Crippen molar-refractivity contribution in [1.29, 1.82) is 0 Å². The van der Waals surface area contributed by atoms with E-state index in [1.54, 1.807) is 6.92 Å². The fourth-order valence-corrected chi connectivity index (χ4v) is 2.33. The highest BCUT2D eigenvalue weighted by Crippen LogP contribution is 2.00. The number of carboxylic acid groups (broad SMARTS) is 1. The lowest BCUT2D eigenvalue weighted by molar-refractivity contribution is -0.137. The van der Waals surface area contributed by atoms with Gasteiger partial charge in [-0.15, -0.1) is 0 Å². The van der Waals surface area contributed by atoms with Gasteiger partial charge in [-0.3, -0.25) is 5.32 Å². The van der Waals surface area contributed by atoms with Crippen LogP contribution in [-0.4, -0.2) is 37.7 Å². The number of aliphatic carboxylic acids is 1. The van der Waals surface area contributed by atoms with Crippen LogP contribution in [0.15, 0.2) is 0 Å². The predicted molar refractivity (Wildman–Crippen MR) is 44.6 cm³/mol. The van der Waals surface area contributed by atoms with Gasteiger partial charge in [0, 0.05) is 0 Å². The minimum absolute atomic E-state index is 0.106. The molecule has 0 spiro atoms. The van der Waals surface area contributed by atoms with Crippen molar-refractivity contribution >= 4 is 15.8 Å². The van der Waals surface area contributed by atoms with E-state index in [2.05, 4.69) is 5.32 Å². The second-order valence-electron chi connectivity index (χ2n) is 2.37. The summed E-state index contributed by atoms with van der Waals surface area (Å²) in [6, 6.07) is 0. The molecule has 0 radical (unpaired) electrons. The van der Waals surface area contributed by atoms with E-state index in [0.29, 0.717) is 6.42 Å². The van der Waals surface area contributed by atoms with Gasteiger partial charge in [-0.1, -0.05) is 6.92 Å². The zero-order chi connectivity index (χ0) is 9.78. The molecule has 2 N–H and O–H groups in total. The molecular weight excluding hydrogens is 182 g/mol. The maximum Gasteiger partial charge on any atom is 0.336 e. The van der Waals surface area contributed by atoms with Crippen molar-refractivity contribution in [3.05, 3.63) is 0 Å². The van der Waals surface area contributed by atoms with E-state index in [0.717, 1.165) is 0 Å². The van der Waals surface area contributed by atoms with Crippen LogP contribution in [0.3, 0.4) is 0 Å². The Morgan fingerprint density at radius 3 is 2.33 bits per heavy atom. The fraction of sp³-hybridized carbons (Fsp3) is 0.833. The normalized spacial score (nSPS) is 14.2. The quantitative estimate of drug-likeness (QED) is 0.614. The number of sulfone groups is 1. The first-order valence-corrected chi connectivity index (χ1v) is 5.29. The standard InChI is InChI=1S/C6H13NO4S/c1-3-4-12(10,11)5(7-2)6(8)9/h5,7H,3-4H2,1-2H3,(H,8,9). The SMILES string of the molecule is CCCS(=O)(=O)C(NC)C(=O)O. The van der Waals surface area contributed by atoms with Crippen LogP contribution in [0.2, 0.25) is 0 Å². The highest BCUT2D eigenvalue weighted by atomic mass is 32.2. The maximum atomic E-state index is 11.2. The Morgan fingerprint density at radius 2 is 2.08 bits per heavy atom. The molecule has 0 heterocycles. The van der Waals surface area contributed by atoms with Gasteiger partial charge in [-0.05, 0) is 13.5 Å². The van der Waals surface area contributed by atoms with Crippen molar-refractivity contribution in [2.24, 2.45) is 0 Å². The van der Waals surface area contributed by atoms with Crippen LogP contribution in [0.25, 0.3) is 0 Å². The number of hydrogen-bond donors (Lipinski definition) is 2. The summed E-state index contributed by atoms with van der Waals surface area (Å²) in [7, 11) is -2.22. The zero-order valence-electron chi connectivity index (χ0n) is 7.07. The third-order valence-electron chi connectivity index (χ3n) is 1.33. The van der Waals surface area contributed by atoms with Crippen LogP contribution in [-0.2, 0) is 14.6 Å². The van der Waals surface area contributed by atoms with E-state index >= 15 is 0 Å². The first-order valence-electron chi connectivity index (χ1n) is 3.57. The summed E-state index contributed by atoms with van der Waals surface area (Å²) in [5.74, 6) is -1.46. The molecule has 0 bridgehead atoms. The molecule has 0 aliphatic rings. The first kappa shape index (κ1) is 11.4. The van der Waals surface area contributed by atoms with E-state index < -0.39 is 21.2 Å².